The minimum atomic E-state index is 0.838. The van der Waals surface area contributed by atoms with E-state index in [0.717, 1.165) is 27.6 Å². The molecular formula is C16H17N3S. The molecule has 0 bridgehead atoms. The molecule has 0 radical (unpaired) electrons. The summed E-state index contributed by atoms with van der Waals surface area (Å²) in [6.07, 6.45) is 1.92. The van der Waals surface area contributed by atoms with Gasteiger partial charge in [-0.3, -0.25) is 4.98 Å². The van der Waals surface area contributed by atoms with Crippen LogP contribution in [0.4, 0.5) is 0 Å². The maximum atomic E-state index is 4.60. The van der Waals surface area contributed by atoms with Gasteiger partial charge in [-0.2, -0.15) is 0 Å². The third-order valence-electron chi connectivity index (χ3n) is 3.28. The summed E-state index contributed by atoms with van der Waals surface area (Å²) >= 11 is 1.70. The monoisotopic (exact) mass is 283 g/mol. The zero-order valence-corrected chi connectivity index (χ0v) is 12.7. The van der Waals surface area contributed by atoms with Gasteiger partial charge in [-0.05, 0) is 49.6 Å². The molecule has 2 heterocycles. The molecule has 20 heavy (non-hydrogen) atoms. The summed E-state index contributed by atoms with van der Waals surface area (Å²) < 4.78 is 0. The summed E-state index contributed by atoms with van der Waals surface area (Å²) in [7, 11) is 0. The van der Waals surface area contributed by atoms with Gasteiger partial charge in [0.15, 0.2) is 5.16 Å². The topological polar surface area (TPSA) is 41.6 Å². The van der Waals surface area contributed by atoms with Crippen LogP contribution in [-0.2, 0) is 5.75 Å². The molecule has 3 aromatic rings. The molecule has 0 saturated heterocycles. The number of nitrogens with zero attached hydrogens (tertiary/aromatic N) is 2. The maximum absolute atomic E-state index is 4.60. The van der Waals surface area contributed by atoms with E-state index in [1.165, 1.54) is 16.7 Å². The van der Waals surface area contributed by atoms with Gasteiger partial charge in [0.25, 0.3) is 0 Å². The number of aromatic amines is 1. The number of aryl methyl sites for hydroxylation is 3. The third kappa shape index (κ3) is 2.70. The molecule has 102 valence electrons. The van der Waals surface area contributed by atoms with Crippen LogP contribution < -0.4 is 0 Å². The van der Waals surface area contributed by atoms with Crippen molar-refractivity contribution in [3.63, 3.8) is 0 Å². The average molecular weight is 283 g/mol. The summed E-state index contributed by atoms with van der Waals surface area (Å²) in [6, 6.07) is 8.44. The molecule has 0 unspecified atom stereocenters. The highest BCUT2D eigenvalue weighted by molar-refractivity contribution is 7.98. The lowest BCUT2D eigenvalue weighted by Gasteiger charge is -2.03. The van der Waals surface area contributed by atoms with E-state index in [1.807, 2.05) is 6.20 Å². The van der Waals surface area contributed by atoms with E-state index in [9.17, 15) is 0 Å². The lowest BCUT2D eigenvalue weighted by molar-refractivity contribution is 1.06. The van der Waals surface area contributed by atoms with Crippen molar-refractivity contribution in [3.8, 4) is 0 Å². The van der Waals surface area contributed by atoms with Gasteiger partial charge in [-0.1, -0.05) is 23.9 Å². The maximum Gasteiger partial charge on any atom is 0.166 e. The highest BCUT2D eigenvalue weighted by Gasteiger charge is 2.06. The van der Waals surface area contributed by atoms with Crippen molar-refractivity contribution < 1.29 is 0 Å². The van der Waals surface area contributed by atoms with Crippen molar-refractivity contribution in [1.29, 1.82) is 0 Å². The number of thioether (sulfide) groups is 1. The Hall–Kier alpha value is -1.81. The van der Waals surface area contributed by atoms with Crippen LogP contribution in [0.1, 0.15) is 22.4 Å². The Morgan fingerprint density at radius 3 is 2.75 bits per heavy atom. The van der Waals surface area contributed by atoms with Gasteiger partial charge >= 0.3 is 0 Å². The lowest BCUT2D eigenvalue weighted by Crippen LogP contribution is -1.92. The zero-order valence-electron chi connectivity index (χ0n) is 11.9. The summed E-state index contributed by atoms with van der Waals surface area (Å²) in [5.74, 6) is 0.838. The Morgan fingerprint density at radius 2 is 1.95 bits per heavy atom. The number of rotatable bonds is 3. The fourth-order valence-corrected chi connectivity index (χ4v) is 3.12. The standard InChI is InChI=1S/C16H17N3S/c1-10-4-5-13-14(7-10)19-16(18-13)20-9-15-12(3)6-11(2)8-17-15/h4-8H,9H2,1-3H3,(H,18,19). The first-order valence-electron chi connectivity index (χ1n) is 6.63. The molecule has 1 N–H and O–H groups in total. The van der Waals surface area contributed by atoms with Crippen molar-refractivity contribution in [2.45, 2.75) is 31.7 Å². The molecule has 3 rings (SSSR count). The van der Waals surface area contributed by atoms with Crippen LogP contribution in [0.3, 0.4) is 0 Å². The fourth-order valence-electron chi connectivity index (χ4n) is 2.20. The van der Waals surface area contributed by atoms with E-state index in [0.29, 0.717) is 0 Å². The van der Waals surface area contributed by atoms with E-state index < -0.39 is 0 Å². The highest BCUT2D eigenvalue weighted by atomic mass is 32.2. The number of pyridine rings is 1. The summed E-state index contributed by atoms with van der Waals surface area (Å²) in [4.78, 5) is 12.5. The summed E-state index contributed by atoms with van der Waals surface area (Å²) in [5.41, 5.74) is 6.93. The van der Waals surface area contributed by atoms with Crippen LogP contribution in [0, 0.1) is 20.8 Å². The molecule has 0 aliphatic carbocycles. The van der Waals surface area contributed by atoms with E-state index in [4.69, 9.17) is 0 Å². The Morgan fingerprint density at radius 1 is 1.10 bits per heavy atom. The molecule has 0 aliphatic heterocycles. The number of H-pyrrole nitrogens is 1. The first kappa shape index (κ1) is 13.2. The van der Waals surface area contributed by atoms with Gasteiger partial charge < -0.3 is 4.98 Å². The molecule has 0 spiro atoms. The normalized spacial score (nSPS) is 11.2. The van der Waals surface area contributed by atoms with Gasteiger partial charge in [0, 0.05) is 11.9 Å². The molecular weight excluding hydrogens is 266 g/mol. The molecule has 0 aliphatic rings. The van der Waals surface area contributed by atoms with E-state index in [1.54, 1.807) is 11.8 Å². The number of fused-ring (bicyclic) bond motifs is 1. The Kier molecular flexibility index (Phi) is 3.49. The predicted molar refractivity (Wildman–Crippen MR) is 84.1 cm³/mol. The van der Waals surface area contributed by atoms with E-state index in [-0.39, 0.29) is 0 Å². The van der Waals surface area contributed by atoms with Crippen LogP contribution >= 0.6 is 11.8 Å². The fraction of sp³-hybridized carbons (Fsp3) is 0.250. The SMILES string of the molecule is Cc1cnc(CSc2nc3ccc(C)cc3[nH]2)c(C)c1. The molecule has 0 fully saturated rings. The average Bonchev–Trinajstić information content (AvgIpc) is 2.79. The van der Waals surface area contributed by atoms with Crippen LogP contribution in [0.2, 0.25) is 0 Å². The first-order chi connectivity index (χ1) is 9.61. The number of aromatic nitrogens is 3. The van der Waals surface area contributed by atoms with Crippen LogP contribution in [0.15, 0.2) is 35.6 Å². The van der Waals surface area contributed by atoms with Crippen molar-refractivity contribution in [2.24, 2.45) is 0 Å². The second kappa shape index (κ2) is 5.29. The number of benzene rings is 1. The van der Waals surface area contributed by atoms with Crippen LogP contribution in [0.5, 0.6) is 0 Å². The number of hydrogen-bond donors (Lipinski definition) is 1. The predicted octanol–water partition coefficient (Wildman–Crippen LogP) is 4.18. The van der Waals surface area contributed by atoms with Gasteiger partial charge in [0.05, 0.1) is 16.7 Å². The molecule has 0 saturated carbocycles. The lowest BCUT2D eigenvalue weighted by atomic mass is 10.2. The third-order valence-corrected chi connectivity index (χ3v) is 4.17. The zero-order chi connectivity index (χ0) is 14.1. The van der Waals surface area contributed by atoms with Crippen molar-refractivity contribution in [1.82, 2.24) is 15.0 Å². The minimum Gasteiger partial charge on any atom is -0.333 e. The van der Waals surface area contributed by atoms with Crippen molar-refractivity contribution in [2.75, 3.05) is 0 Å². The second-order valence-electron chi connectivity index (χ2n) is 5.13. The van der Waals surface area contributed by atoms with E-state index in [2.05, 4.69) is 60.0 Å². The van der Waals surface area contributed by atoms with Crippen molar-refractivity contribution >= 4 is 22.8 Å². The van der Waals surface area contributed by atoms with Crippen molar-refractivity contribution in [3.05, 3.63) is 52.8 Å². The van der Waals surface area contributed by atoms with Gasteiger partial charge in [-0.15, -0.1) is 0 Å². The summed E-state index contributed by atoms with van der Waals surface area (Å²) in [5, 5.41) is 0.951. The molecule has 3 nitrogen and oxygen atoms in total. The Bertz CT molecular complexity index is 762. The molecule has 1 aromatic carbocycles. The molecule has 0 atom stereocenters. The first-order valence-corrected chi connectivity index (χ1v) is 7.62. The van der Waals surface area contributed by atoms with Gasteiger partial charge in [0.1, 0.15) is 0 Å². The minimum absolute atomic E-state index is 0.838. The quantitative estimate of drug-likeness (QED) is 0.733. The highest BCUT2D eigenvalue weighted by Crippen LogP contribution is 2.24. The summed E-state index contributed by atoms with van der Waals surface area (Å²) in [6.45, 7) is 6.27. The van der Waals surface area contributed by atoms with Gasteiger partial charge in [-0.25, -0.2) is 4.98 Å². The molecule has 0 amide bonds. The Labute approximate surface area is 122 Å². The number of imidazole rings is 1. The Balaban J connectivity index is 1.79. The second-order valence-corrected chi connectivity index (χ2v) is 6.09. The van der Waals surface area contributed by atoms with Crippen LogP contribution in [-0.4, -0.2) is 15.0 Å². The number of hydrogen-bond acceptors (Lipinski definition) is 3. The largest absolute Gasteiger partial charge is 0.333 e. The smallest absolute Gasteiger partial charge is 0.166 e. The van der Waals surface area contributed by atoms with Crippen LogP contribution in [0.25, 0.3) is 11.0 Å². The molecule has 2 aromatic heterocycles. The number of nitrogens with one attached hydrogen (secondary N) is 1. The molecule has 4 heteroatoms. The van der Waals surface area contributed by atoms with E-state index >= 15 is 0 Å². The van der Waals surface area contributed by atoms with Gasteiger partial charge in [0.2, 0.25) is 0 Å².